The van der Waals surface area contributed by atoms with Crippen LogP contribution in [0.1, 0.15) is 33.6 Å². The predicted octanol–water partition coefficient (Wildman–Crippen LogP) is 3.18. The van der Waals surface area contributed by atoms with Gasteiger partial charge in [0, 0.05) is 19.2 Å². The zero-order chi connectivity index (χ0) is 16.9. The predicted molar refractivity (Wildman–Crippen MR) is 93.1 cm³/mol. The Hall–Kier alpha value is -2.25. The largest absolute Gasteiger partial charge is 0.347 e. The second-order valence-corrected chi connectivity index (χ2v) is 6.94. The van der Waals surface area contributed by atoms with Crippen LogP contribution in [0.4, 0.5) is 5.00 Å². The minimum absolute atomic E-state index is 0.0218. The van der Waals surface area contributed by atoms with Gasteiger partial charge in [-0.15, -0.1) is 0 Å². The summed E-state index contributed by atoms with van der Waals surface area (Å²) in [5.74, 6) is -0.283. The van der Waals surface area contributed by atoms with Crippen LogP contribution < -0.4 is 5.32 Å². The SMILES string of the molecule is O=C(NCc1ccc(CN2CCCC2)cc1)c1ccc([N+](=O)[O-])s1. The second-order valence-electron chi connectivity index (χ2n) is 5.88. The van der Waals surface area contributed by atoms with Crippen LogP contribution in [-0.2, 0) is 13.1 Å². The molecule has 1 aliphatic rings. The Kier molecular flexibility index (Phi) is 5.22. The molecule has 0 unspecified atom stereocenters. The van der Waals surface area contributed by atoms with Crippen molar-refractivity contribution in [2.45, 2.75) is 25.9 Å². The Labute approximate surface area is 144 Å². The molecule has 2 heterocycles. The van der Waals surface area contributed by atoms with Gasteiger partial charge in [-0.3, -0.25) is 19.8 Å². The van der Waals surface area contributed by atoms with Gasteiger partial charge in [-0.1, -0.05) is 35.6 Å². The van der Waals surface area contributed by atoms with E-state index in [2.05, 4.69) is 22.3 Å². The van der Waals surface area contributed by atoms with E-state index in [9.17, 15) is 14.9 Å². The quantitative estimate of drug-likeness (QED) is 0.644. The summed E-state index contributed by atoms with van der Waals surface area (Å²) in [6.45, 7) is 3.73. The molecule has 0 spiro atoms. The summed E-state index contributed by atoms with van der Waals surface area (Å²) in [6.07, 6.45) is 2.57. The molecule has 7 heteroatoms. The molecule has 24 heavy (non-hydrogen) atoms. The number of carbonyl (C=O) groups is 1. The Balaban J connectivity index is 1.52. The summed E-state index contributed by atoms with van der Waals surface area (Å²) < 4.78 is 0. The minimum atomic E-state index is -0.486. The maximum absolute atomic E-state index is 12.0. The lowest BCUT2D eigenvalue weighted by Crippen LogP contribution is -2.22. The first kappa shape index (κ1) is 16.6. The second kappa shape index (κ2) is 7.55. The molecule has 0 aliphatic carbocycles. The maximum atomic E-state index is 12.0. The molecule has 3 rings (SSSR count). The molecule has 1 N–H and O–H groups in total. The molecule has 1 aliphatic heterocycles. The third-order valence-corrected chi connectivity index (χ3v) is 5.11. The summed E-state index contributed by atoms with van der Waals surface area (Å²) >= 11 is 0.888. The van der Waals surface area contributed by atoms with E-state index in [4.69, 9.17) is 0 Å². The van der Waals surface area contributed by atoms with Crippen molar-refractivity contribution in [1.82, 2.24) is 10.2 Å². The van der Waals surface area contributed by atoms with Gasteiger partial charge in [-0.25, -0.2) is 0 Å². The van der Waals surface area contributed by atoms with Crippen molar-refractivity contribution in [3.05, 3.63) is 62.5 Å². The number of nitrogens with zero attached hydrogens (tertiary/aromatic N) is 2. The third-order valence-electron chi connectivity index (χ3n) is 4.08. The number of rotatable bonds is 6. The van der Waals surface area contributed by atoms with Gasteiger partial charge in [-0.2, -0.15) is 0 Å². The number of hydrogen-bond acceptors (Lipinski definition) is 5. The van der Waals surface area contributed by atoms with E-state index in [-0.39, 0.29) is 10.9 Å². The summed E-state index contributed by atoms with van der Waals surface area (Å²) in [6, 6.07) is 11.1. The zero-order valence-corrected chi connectivity index (χ0v) is 14.1. The summed E-state index contributed by atoms with van der Waals surface area (Å²) in [7, 11) is 0. The molecule has 126 valence electrons. The number of amides is 1. The average Bonchev–Trinajstić information content (AvgIpc) is 3.25. The molecule has 0 radical (unpaired) electrons. The fraction of sp³-hybridized carbons (Fsp3) is 0.353. The van der Waals surface area contributed by atoms with E-state index < -0.39 is 4.92 Å². The van der Waals surface area contributed by atoms with Crippen molar-refractivity contribution in [1.29, 1.82) is 0 Å². The Bertz CT molecular complexity index is 721. The lowest BCUT2D eigenvalue weighted by Gasteiger charge is -2.14. The molecule has 0 atom stereocenters. The van der Waals surface area contributed by atoms with E-state index in [0.717, 1.165) is 23.4 Å². The molecule has 0 saturated carbocycles. The van der Waals surface area contributed by atoms with Gasteiger partial charge in [0.2, 0.25) is 0 Å². The minimum Gasteiger partial charge on any atom is -0.347 e. The number of nitro groups is 1. The molecule has 1 saturated heterocycles. The first-order valence-electron chi connectivity index (χ1n) is 7.94. The number of carbonyl (C=O) groups excluding carboxylic acids is 1. The molecule has 1 fully saturated rings. The van der Waals surface area contributed by atoms with Crippen molar-refractivity contribution in [2.75, 3.05) is 13.1 Å². The average molecular weight is 345 g/mol. The Morgan fingerprint density at radius 2 is 1.79 bits per heavy atom. The fourth-order valence-corrected chi connectivity index (χ4v) is 3.52. The standard InChI is InChI=1S/C17H19N3O3S/c21-17(15-7-8-16(24-15)20(22)23)18-11-13-3-5-14(6-4-13)12-19-9-1-2-10-19/h3-8H,1-2,9-12H2,(H,18,21). The van der Waals surface area contributed by atoms with Crippen molar-refractivity contribution < 1.29 is 9.72 Å². The van der Waals surface area contributed by atoms with Gasteiger partial charge in [0.1, 0.15) is 0 Å². The van der Waals surface area contributed by atoms with Crippen molar-refractivity contribution in [2.24, 2.45) is 0 Å². The van der Waals surface area contributed by atoms with E-state index in [1.807, 2.05) is 12.1 Å². The Morgan fingerprint density at radius 3 is 2.42 bits per heavy atom. The van der Waals surface area contributed by atoms with E-state index in [0.29, 0.717) is 11.4 Å². The van der Waals surface area contributed by atoms with Gasteiger partial charge < -0.3 is 5.32 Å². The Morgan fingerprint density at radius 1 is 1.12 bits per heavy atom. The molecule has 1 aromatic heterocycles. The van der Waals surface area contributed by atoms with Gasteiger partial charge in [0.25, 0.3) is 5.91 Å². The van der Waals surface area contributed by atoms with Crippen molar-refractivity contribution in [3.63, 3.8) is 0 Å². The van der Waals surface area contributed by atoms with Gasteiger partial charge >= 0.3 is 5.00 Å². The maximum Gasteiger partial charge on any atom is 0.324 e. The number of benzene rings is 1. The lowest BCUT2D eigenvalue weighted by molar-refractivity contribution is -0.380. The number of nitrogens with one attached hydrogen (secondary N) is 1. The van der Waals surface area contributed by atoms with E-state index >= 15 is 0 Å². The van der Waals surface area contributed by atoms with Crippen LogP contribution in [0, 0.1) is 10.1 Å². The van der Waals surface area contributed by atoms with Crippen LogP contribution in [-0.4, -0.2) is 28.8 Å². The van der Waals surface area contributed by atoms with E-state index in [1.54, 1.807) is 0 Å². The van der Waals surface area contributed by atoms with Gasteiger partial charge in [0.15, 0.2) is 0 Å². The first-order valence-corrected chi connectivity index (χ1v) is 8.76. The highest BCUT2D eigenvalue weighted by Gasteiger charge is 2.15. The molecular weight excluding hydrogens is 326 g/mol. The van der Waals surface area contributed by atoms with Crippen LogP contribution in [0.5, 0.6) is 0 Å². The summed E-state index contributed by atoms with van der Waals surface area (Å²) in [5.41, 5.74) is 2.29. The van der Waals surface area contributed by atoms with Crippen LogP contribution in [0.3, 0.4) is 0 Å². The summed E-state index contributed by atoms with van der Waals surface area (Å²) in [4.78, 5) is 25.0. The lowest BCUT2D eigenvalue weighted by atomic mass is 10.1. The molecule has 1 aromatic carbocycles. The highest BCUT2D eigenvalue weighted by atomic mass is 32.1. The van der Waals surface area contributed by atoms with E-state index in [1.165, 1.54) is 43.6 Å². The number of hydrogen-bond donors (Lipinski definition) is 1. The zero-order valence-electron chi connectivity index (χ0n) is 13.2. The molecule has 1 amide bonds. The summed E-state index contributed by atoms with van der Waals surface area (Å²) in [5, 5.41) is 13.4. The first-order chi connectivity index (χ1) is 11.6. The molecular formula is C17H19N3O3S. The van der Waals surface area contributed by atoms with Crippen LogP contribution in [0.2, 0.25) is 0 Å². The third kappa shape index (κ3) is 4.18. The van der Waals surface area contributed by atoms with Gasteiger partial charge in [0.05, 0.1) is 9.80 Å². The normalized spacial score (nSPS) is 14.7. The number of thiophene rings is 1. The molecule has 2 aromatic rings. The highest BCUT2D eigenvalue weighted by Crippen LogP contribution is 2.23. The van der Waals surface area contributed by atoms with Crippen LogP contribution in [0.15, 0.2) is 36.4 Å². The van der Waals surface area contributed by atoms with Crippen molar-refractivity contribution >= 4 is 22.2 Å². The highest BCUT2D eigenvalue weighted by molar-refractivity contribution is 7.17. The smallest absolute Gasteiger partial charge is 0.324 e. The monoisotopic (exact) mass is 345 g/mol. The topological polar surface area (TPSA) is 75.5 Å². The van der Waals surface area contributed by atoms with Crippen LogP contribution >= 0.6 is 11.3 Å². The van der Waals surface area contributed by atoms with Crippen molar-refractivity contribution in [3.8, 4) is 0 Å². The fourth-order valence-electron chi connectivity index (χ4n) is 2.78. The number of likely N-dealkylation sites (tertiary alicyclic amines) is 1. The molecule has 6 nitrogen and oxygen atoms in total. The van der Waals surface area contributed by atoms with Gasteiger partial charge in [-0.05, 0) is 43.1 Å². The molecule has 0 bridgehead atoms. The van der Waals surface area contributed by atoms with Crippen LogP contribution in [0.25, 0.3) is 0 Å².